The minimum atomic E-state index is -1.27. The monoisotopic (exact) mass is 766 g/mol. The Hall–Kier alpha value is -6.26. The highest BCUT2D eigenvalue weighted by molar-refractivity contribution is 5.98. The Morgan fingerprint density at radius 3 is 1.39 bits per heavy atom. The Labute approximate surface area is 319 Å². The zero-order valence-corrected chi connectivity index (χ0v) is 31.7. The molecule has 0 amide bonds. The number of carbonyl (C=O) groups is 2. The minimum Gasteiger partial charge on any atom is -0.494 e. The van der Waals surface area contributed by atoms with Crippen LogP contribution < -0.4 is 20.3 Å². The van der Waals surface area contributed by atoms with Gasteiger partial charge in [0, 0.05) is 46.1 Å². The van der Waals surface area contributed by atoms with Gasteiger partial charge >= 0.3 is 11.9 Å². The third-order valence-corrected chi connectivity index (χ3v) is 11.0. The van der Waals surface area contributed by atoms with Crippen LogP contribution in [0.3, 0.4) is 0 Å². The predicted octanol–water partition coefficient (Wildman–Crippen LogP) is 4.29. The molecule has 8 rings (SSSR count). The normalized spacial score (nSPS) is 15.9. The van der Waals surface area contributed by atoms with E-state index in [0.717, 1.165) is 22.2 Å². The number of pyridine rings is 2. The number of methoxy groups -OCH3 is 2. The number of rotatable bonds is 8. The summed E-state index contributed by atoms with van der Waals surface area (Å²) >= 11 is 0. The van der Waals surface area contributed by atoms with E-state index in [4.69, 9.17) is 9.47 Å². The minimum absolute atomic E-state index is 0.106. The van der Waals surface area contributed by atoms with E-state index in [1.165, 1.54) is 24.5 Å². The van der Waals surface area contributed by atoms with Crippen molar-refractivity contribution in [3.05, 3.63) is 92.5 Å². The van der Waals surface area contributed by atoms with Gasteiger partial charge in [0.1, 0.15) is 33.7 Å². The van der Waals surface area contributed by atoms with Gasteiger partial charge in [0.2, 0.25) is 0 Å². The van der Waals surface area contributed by atoms with Crippen molar-refractivity contribution in [2.24, 2.45) is 10.8 Å². The SMILES string of the molecule is COc1cccc2c3n(nc12)C[C@@H](C(C)(C)CO)n1cc(C(=O)O)c(=O)cc1-3.COc1cccc2c3n(nc12)C[C@H](C(C)(C)CO)n1cc(C(=O)O)c(=O)cc1-3. The standard InChI is InChI=1S/2C20H21N3O5/c2*1-20(2,10-24)16-9-23-18(11-5-4-6-15(28-3)17(11)21-23)13-7-14(25)12(19(26)27)8-22(13)16/h2*4-8,16,24H,9-10H2,1-3H3,(H,26,27)/t2*16-/m10/s1. The van der Waals surface area contributed by atoms with Crippen molar-refractivity contribution >= 4 is 33.7 Å². The number of benzene rings is 2. The molecule has 4 N–H and O–H groups in total. The highest BCUT2D eigenvalue weighted by Crippen LogP contribution is 2.44. The van der Waals surface area contributed by atoms with E-state index in [-0.39, 0.29) is 36.4 Å². The van der Waals surface area contributed by atoms with Crippen molar-refractivity contribution < 1.29 is 39.5 Å². The van der Waals surface area contributed by atoms with Gasteiger partial charge in [0.15, 0.2) is 10.9 Å². The molecule has 0 unspecified atom stereocenters. The Bertz CT molecular complexity index is 2500. The average Bonchev–Trinajstić information content (AvgIpc) is 3.75. The summed E-state index contributed by atoms with van der Waals surface area (Å²) in [6.07, 6.45) is 2.76. The van der Waals surface area contributed by atoms with Gasteiger partial charge in [-0.2, -0.15) is 10.2 Å². The fourth-order valence-electron chi connectivity index (χ4n) is 7.66. The summed E-state index contributed by atoms with van der Waals surface area (Å²) in [5, 5.41) is 49.7. The molecule has 0 fully saturated rings. The summed E-state index contributed by atoms with van der Waals surface area (Å²) in [4.78, 5) is 48.0. The molecule has 0 aliphatic carbocycles. The van der Waals surface area contributed by atoms with Crippen molar-refractivity contribution in [1.82, 2.24) is 28.7 Å². The van der Waals surface area contributed by atoms with Crippen LogP contribution in [0, 0.1) is 10.8 Å². The van der Waals surface area contributed by atoms with Crippen LogP contribution in [0.1, 0.15) is 60.5 Å². The zero-order chi connectivity index (χ0) is 40.4. The number of aromatic nitrogens is 6. The first kappa shape index (κ1) is 38.0. The summed E-state index contributed by atoms with van der Waals surface area (Å²) in [5.41, 5.74) is 1.09. The van der Waals surface area contributed by atoms with Crippen molar-refractivity contribution in [1.29, 1.82) is 0 Å². The summed E-state index contributed by atoms with van der Waals surface area (Å²) in [5.74, 6) is -1.31. The maximum Gasteiger partial charge on any atom is 0.341 e. The second-order valence-electron chi connectivity index (χ2n) is 15.4. The number of ether oxygens (including phenoxy) is 2. The highest BCUT2D eigenvalue weighted by atomic mass is 16.5. The van der Waals surface area contributed by atoms with Crippen LogP contribution in [0.5, 0.6) is 11.5 Å². The average molecular weight is 767 g/mol. The molecular formula is C40H42N6O10. The van der Waals surface area contributed by atoms with Gasteiger partial charge in [-0.05, 0) is 12.1 Å². The van der Waals surface area contributed by atoms with E-state index < -0.39 is 33.6 Å². The second kappa shape index (κ2) is 13.8. The van der Waals surface area contributed by atoms with Gasteiger partial charge in [0.05, 0.1) is 75.4 Å². The number of hydrogen-bond donors (Lipinski definition) is 4. The highest BCUT2D eigenvalue weighted by Gasteiger charge is 2.39. The lowest BCUT2D eigenvalue weighted by Crippen LogP contribution is -2.38. The largest absolute Gasteiger partial charge is 0.494 e. The Morgan fingerprint density at radius 1 is 0.696 bits per heavy atom. The zero-order valence-electron chi connectivity index (χ0n) is 31.7. The van der Waals surface area contributed by atoms with Crippen LogP contribution >= 0.6 is 0 Å². The molecule has 4 aromatic heterocycles. The molecule has 16 nitrogen and oxygen atoms in total. The molecule has 56 heavy (non-hydrogen) atoms. The van der Waals surface area contributed by atoms with Gasteiger partial charge in [0.25, 0.3) is 0 Å². The predicted molar refractivity (Wildman–Crippen MR) is 206 cm³/mol. The molecule has 6 heterocycles. The Kier molecular flexibility index (Phi) is 9.37. The summed E-state index contributed by atoms with van der Waals surface area (Å²) in [6, 6.07) is 13.2. The lowest BCUT2D eigenvalue weighted by Gasteiger charge is -2.39. The third-order valence-electron chi connectivity index (χ3n) is 11.0. The molecular weight excluding hydrogens is 724 g/mol. The quantitative estimate of drug-likeness (QED) is 0.171. The summed E-state index contributed by atoms with van der Waals surface area (Å²) < 4.78 is 18.0. The van der Waals surface area contributed by atoms with E-state index in [9.17, 15) is 39.6 Å². The topological polar surface area (TPSA) is 213 Å². The Morgan fingerprint density at radius 2 is 1.07 bits per heavy atom. The van der Waals surface area contributed by atoms with Crippen molar-refractivity contribution in [2.45, 2.75) is 52.9 Å². The number of aliphatic hydroxyl groups is 2. The molecule has 0 saturated heterocycles. The number of carboxylic acids is 2. The van der Waals surface area contributed by atoms with Crippen molar-refractivity contribution in [3.63, 3.8) is 0 Å². The number of fused-ring (bicyclic) bond motifs is 10. The second-order valence-corrected chi connectivity index (χ2v) is 15.4. The Balaban J connectivity index is 0.000000172. The van der Waals surface area contributed by atoms with Gasteiger partial charge in [-0.15, -0.1) is 0 Å². The molecule has 0 saturated carbocycles. The van der Waals surface area contributed by atoms with Gasteiger partial charge in [-0.3, -0.25) is 19.0 Å². The van der Waals surface area contributed by atoms with E-state index in [1.807, 2.05) is 73.5 Å². The number of aliphatic hydroxyl groups excluding tert-OH is 2. The van der Waals surface area contributed by atoms with E-state index in [2.05, 4.69) is 10.2 Å². The summed E-state index contributed by atoms with van der Waals surface area (Å²) in [7, 11) is 3.14. The number of carboxylic acid groups (broad SMARTS) is 2. The van der Waals surface area contributed by atoms with Crippen LogP contribution in [0.25, 0.3) is 44.6 Å². The maximum absolute atomic E-state index is 12.5. The molecule has 2 aliphatic heterocycles. The van der Waals surface area contributed by atoms with Crippen molar-refractivity contribution in [2.75, 3.05) is 27.4 Å². The molecule has 2 aliphatic rings. The molecule has 292 valence electrons. The molecule has 0 spiro atoms. The number of hydrogen-bond acceptors (Lipinski definition) is 10. The number of nitrogens with zero attached hydrogens (tertiary/aromatic N) is 6. The van der Waals surface area contributed by atoms with Crippen LogP contribution in [-0.2, 0) is 13.1 Å². The molecule has 2 atom stereocenters. The number of aromatic carboxylic acids is 2. The van der Waals surface area contributed by atoms with Crippen molar-refractivity contribution in [3.8, 4) is 34.3 Å². The van der Waals surface area contributed by atoms with Gasteiger partial charge in [-0.25, -0.2) is 9.59 Å². The smallest absolute Gasteiger partial charge is 0.341 e. The van der Waals surface area contributed by atoms with Crippen LogP contribution in [-0.4, -0.2) is 88.5 Å². The van der Waals surface area contributed by atoms with E-state index in [0.29, 0.717) is 47.0 Å². The fraction of sp³-hybridized carbons (Fsp3) is 0.350. The first-order chi connectivity index (χ1) is 26.6. The first-order valence-corrected chi connectivity index (χ1v) is 17.8. The van der Waals surface area contributed by atoms with Crippen LogP contribution in [0.4, 0.5) is 0 Å². The molecule has 0 bridgehead atoms. The van der Waals surface area contributed by atoms with E-state index in [1.54, 1.807) is 23.4 Å². The summed E-state index contributed by atoms with van der Waals surface area (Å²) in [6.45, 7) is 8.23. The van der Waals surface area contributed by atoms with Gasteiger partial charge < -0.3 is 39.0 Å². The fourth-order valence-corrected chi connectivity index (χ4v) is 7.66. The van der Waals surface area contributed by atoms with E-state index >= 15 is 0 Å². The lowest BCUT2D eigenvalue weighted by atomic mass is 9.83. The van der Waals surface area contributed by atoms with Gasteiger partial charge in [-0.1, -0.05) is 52.0 Å². The molecule has 2 aromatic carbocycles. The first-order valence-electron chi connectivity index (χ1n) is 17.8. The maximum atomic E-state index is 12.5. The molecule has 16 heteroatoms. The van der Waals surface area contributed by atoms with Crippen LogP contribution in [0.2, 0.25) is 0 Å². The van der Waals surface area contributed by atoms with Crippen LogP contribution in [0.15, 0.2) is 70.5 Å². The molecule has 6 aromatic rings. The lowest BCUT2D eigenvalue weighted by molar-refractivity contribution is 0.0678. The third kappa shape index (κ3) is 6.01. The molecule has 0 radical (unpaired) electrons.